The van der Waals surface area contributed by atoms with Gasteiger partial charge >= 0.3 is 6.18 Å². The highest BCUT2D eigenvalue weighted by Gasteiger charge is 2.25. The van der Waals surface area contributed by atoms with Gasteiger partial charge in [0.1, 0.15) is 0 Å². The minimum absolute atomic E-state index is 0.292. The molecule has 0 saturated carbocycles. The van der Waals surface area contributed by atoms with Gasteiger partial charge in [0, 0.05) is 6.42 Å². The largest absolute Gasteiger partial charge is 0.389 e. The van der Waals surface area contributed by atoms with Crippen LogP contribution in [0.5, 0.6) is 0 Å². The zero-order valence-corrected chi connectivity index (χ0v) is 10.0. The first kappa shape index (κ1) is 15.1. The summed E-state index contributed by atoms with van der Waals surface area (Å²) in [5.74, 6) is 0.936. The van der Waals surface area contributed by atoms with E-state index in [-0.39, 0.29) is 0 Å². The molecule has 0 fully saturated rings. The lowest BCUT2D eigenvalue weighted by molar-refractivity contribution is -0.135. The van der Waals surface area contributed by atoms with E-state index in [0.29, 0.717) is 12.8 Å². The minimum atomic E-state index is -3.97. The molecule has 0 aliphatic rings. The average molecular weight is 242 g/mol. The highest BCUT2D eigenvalue weighted by atomic mass is 32.1. The van der Waals surface area contributed by atoms with Crippen molar-refractivity contribution in [2.75, 3.05) is 5.75 Å². The van der Waals surface area contributed by atoms with Gasteiger partial charge in [0.15, 0.2) is 0 Å². The molecule has 0 aliphatic carbocycles. The third-order valence-electron chi connectivity index (χ3n) is 2.37. The number of rotatable bonds is 9. The van der Waals surface area contributed by atoms with Gasteiger partial charge in [-0.25, -0.2) is 0 Å². The van der Waals surface area contributed by atoms with Gasteiger partial charge in [-0.1, -0.05) is 38.5 Å². The molecule has 0 N–H and O–H groups in total. The number of alkyl halides is 3. The molecule has 4 heteroatoms. The third kappa shape index (κ3) is 14.1. The molecule has 0 atom stereocenters. The van der Waals surface area contributed by atoms with E-state index in [2.05, 4.69) is 12.6 Å². The highest BCUT2D eigenvalue weighted by Crippen LogP contribution is 2.23. The van der Waals surface area contributed by atoms with Crippen molar-refractivity contribution in [3.63, 3.8) is 0 Å². The van der Waals surface area contributed by atoms with Gasteiger partial charge in [-0.2, -0.15) is 25.8 Å². The van der Waals surface area contributed by atoms with Gasteiger partial charge in [0.25, 0.3) is 0 Å². The predicted octanol–water partition coefficient (Wildman–Crippen LogP) is 4.99. The van der Waals surface area contributed by atoms with Crippen LogP contribution < -0.4 is 0 Å². The Balaban J connectivity index is 2.99. The minimum Gasteiger partial charge on any atom is -0.179 e. The molecule has 0 saturated heterocycles. The number of thiol groups is 1. The SMILES string of the molecule is FC(F)(F)CCCCCCCCCCS. The lowest BCUT2D eigenvalue weighted by Crippen LogP contribution is -2.06. The molecule has 15 heavy (non-hydrogen) atoms. The molecule has 0 aromatic rings. The van der Waals surface area contributed by atoms with Crippen LogP contribution in [-0.2, 0) is 0 Å². The maximum absolute atomic E-state index is 11.8. The lowest BCUT2D eigenvalue weighted by Gasteiger charge is -2.05. The Kier molecular flexibility index (Phi) is 9.46. The van der Waals surface area contributed by atoms with Crippen molar-refractivity contribution < 1.29 is 13.2 Å². The van der Waals surface area contributed by atoms with Crippen molar-refractivity contribution in [1.29, 1.82) is 0 Å². The van der Waals surface area contributed by atoms with Crippen LogP contribution in [0.15, 0.2) is 0 Å². The second kappa shape index (κ2) is 9.37. The normalized spacial score (nSPS) is 12.0. The summed E-state index contributed by atoms with van der Waals surface area (Å²) in [6, 6.07) is 0. The van der Waals surface area contributed by atoms with E-state index >= 15 is 0 Å². The molecule has 92 valence electrons. The Morgan fingerprint density at radius 2 is 1.07 bits per heavy atom. The van der Waals surface area contributed by atoms with Crippen LogP contribution in [0.2, 0.25) is 0 Å². The zero-order valence-electron chi connectivity index (χ0n) is 9.15. The summed E-state index contributed by atoms with van der Waals surface area (Å²) in [7, 11) is 0. The zero-order chi connectivity index (χ0) is 11.6. The van der Waals surface area contributed by atoms with Crippen LogP contribution in [0.25, 0.3) is 0 Å². The number of unbranched alkanes of at least 4 members (excludes halogenated alkanes) is 7. The van der Waals surface area contributed by atoms with Crippen LogP contribution >= 0.6 is 12.6 Å². The number of halogens is 3. The van der Waals surface area contributed by atoms with E-state index in [1.807, 2.05) is 0 Å². The first-order valence-corrected chi connectivity index (χ1v) is 6.37. The van der Waals surface area contributed by atoms with Crippen molar-refractivity contribution in [2.24, 2.45) is 0 Å². The van der Waals surface area contributed by atoms with Gasteiger partial charge in [-0.05, 0) is 18.6 Å². The molecule has 0 amide bonds. The molecule has 0 aromatic heterocycles. The fourth-order valence-electron chi connectivity index (χ4n) is 1.50. The Morgan fingerprint density at radius 3 is 1.47 bits per heavy atom. The van der Waals surface area contributed by atoms with Crippen LogP contribution in [0.3, 0.4) is 0 Å². The number of hydrogen-bond acceptors (Lipinski definition) is 1. The van der Waals surface area contributed by atoms with Crippen molar-refractivity contribution in [1.82, 2.24) is 0 Å². The number of hydrogen-bond donors (Lipinski definition) is 1. The fourth-order valence-corrected chi connectivity index (χ4v) is 1.72. The predicted molar refractivity (Wildman–Crippen MR) is 61.5 cm³/mol. The molecule has 0 spiro atoms. The van der Waals surface area contributed by atoms with Gasteiger partial charge in [-0.3, -0.25) is 0 Å². The second-order valence-electron chi connectivity index (χ2n) is 3.92. The molecule has 0 aliphatic heterocycles. The first-order chi connectivity index (χ1) is 7.06. The third-order valence-corrected chi connectivity index (χ3v) is 2.68. The van der Waals surface area contributed by atoms with Gasteiger partial charge in [0.05, 0.1) is 0 Å². The topological polar surface area (TPSA) is 0 Å². The average Bonchev–Trinajstić information content (AvgIpc) is 2.14. The van der Waals surface area contributed by atoms with E-state index < -0.39 is 12.6 Å². The summed E-state index contributed by atoms with van der Waals surface area (Å²) in [6.07, 6.45) is 3.13. The van der Waals surface area contributed by atoms with Crippen molar-refractivity contribution in [3.05, 3.63) is 0 Å². The summed E-state index contributed by atoms with van der Waals surface area (Å²) < 4.78 is 35.3. The monoisotopic (exact) mass is 242 g/mol. The lowest BCUT2D eigenvalue weighted by atomic mass is 10.1. The maximum Gasteiger partial charge on any atom is 0.389 e. The molecule has 0 bridgehead atoms. The van der Waals surface area contributed by atoms with E-state index in [1.54, 1.807) is 0 Å². The summed E-state index contributed by atoms with van der Waals surface area (Å²) in [5, 5.41) is 0. The standard InChI is InChI=1S/C11H21F3S/c12-11(13,14)9-7-5-3-1-2-4-6-8-10-15/h15H,1-10H2. The molecule has 0 unspecified atom stereocenters. The smallest absolute Gasteiger partial charge is 0.179 e. The van der Waals surface area contributed by atoms with Crippen molar-refractivity contribution in [3.8, 4) is 0 Å². The van der Waals surface area contributed by atoms with Crippen LogP contribution in [-0.4, -0.2) is 11.9 Å². The van der Waals surface area contributed by atoms with E-state index in [0.717, 1.165) is 31.4 Å². The van der Waals surface area contributed by atoms with Crippen LogP contribution in [0, 0.1) is 0 Å². The van der Waals surface area contributed by atoms with E-state index in [1.165, 1.54) is 12.8 Å². The second-order valence-corrected chi connectivity index (χ2v) is 4.36. The van der Waals surface area contributed by atoms with E-state index in [4.69, 9.17) is 0 Å². The summed E-state index contributed by atoms with van der Waals surface area (Å²) in [5.41, 5.74) is 0. The molecular formula is C11H21F3S. The van der Waals surface area contributed by atoms with Gasteiger partial charge < -0.3 is 0 Å². The first-order valence-electron chi connectivity index (χ1n) is 5.74. The van der Waals surface area contributed by atoms with Crippen LogP contribution in [0.1, 0.15) is 57.8 Å². The van der Waals surface area contributed by atoms with E-state index in [9.17, 15) is 13.2 Å². The molecule has 0 nitrogen and oxygen atoms in total. The Hall–Kier alpha value is 0.140. The maximum atomic E-state index is 11.8. The van der Waals surface area contributed by atoms with Gasteiger partial charge in [0.2, 0.25) is 0 Å². The molecule has 0 aromatic carbocycles. The summed E-state index contributed by atoms with van der Waals surface area (Å²) in [6.45, 7) is 0. The Bertz CT molecular complexity index is 134. The molecule has 0 rings (SSSR count). The molecule has 0 heterocycles. The van der Waals surface area contributed by atoms with Crippen LogP contribution in [0.4, 0.5) is 13.2 Å². The Morgan fingerprint density at radius 1 is 0.667 bits per heavy atom. The van der Waals surface area contributed by atoms with Gasteiger partial charge in [-0.15, -0.1) is 0 Å². The van der Waals surface area contributed by atoms with Crippen molar-refractivity contribution in [2.45, 2.75) is 64.0 Å². The fraction of sp³-hybridized carbons (Fsp3) is 1.00. The van der Waals surface area contributed by atoms with Crippen molar-refractivity contribution >= 4 is 12.6 Å². The molecule has 0 radical (unpaired) electrons. The highest BCUT2D eigenvalue weighted by molar-refractivity contribution is 7.80. The summed E-state index contributed by atoms with van der Waals surface area (Å²) >= 11 is 4.11. The Labute approximate surface area is 96.0 Å². The quantitative estimate of drug-likeness (QED) is 0.427. The molecular weight excluding hydrogens is 221 g/mol. The summed E-state index contributed by atoms with van der Waals surface area (Å²) in [4.78, 5) is 0.